The molecule has 0 bridgehead atoms. The summed E-state index contributed by atoms with van der Waals surface area (Å²) in [5, 5.41) is 16.2. The lowest BCUT2D eigenvalue weighted by atomic mass is 10.2. The lowest BCUT2D eigenvalue weighted by Gasteiger charge is -2.04. The van der Waals surface area contributed by atoms with Gasteiger partial charge in [0.05, 0.1) is 20.6 Å². The Morgan fingerprint density at radius 1 is 1.24 bits per heavy atom. The Kier molecular flexibility index (Phi) is 4.26. The van der Waals surface area contributed by atoms with Gasteiger partial charge in [-0.2, -0.15) is 0 Å². The predicted molar refractivity (Wildman–Crippen MR) is 97.5 cm³/mol. The highest BCUT2D eigenvalue weighted by Crippen LogP contribution is 2.32. The zero-order valence-electron chi connectivity index (χ0n) is 12.5. The Labute approximate surface area is 154 Å². The van der Waals surface area contributed by atoms with Gasteiger partial charge in [0.15, 0.2) is 5.13 Å². The first-order chi connectivity index (χ1) is 12.2. The second kappa shape index (κ2) is 6.71. The number of nitrogens with one attached hydrogen (secondary N) is 1. The molecular formula is C15H9ClN6OS2. The van der Waals surface area contributed by atoms with Gasteiger partial charge in [0.1, 0.15) is 6.33 Å². The molecule has 0 aliphatic rings. The number of carbonyl (C=O) groups excluding carboxylic acids is 1. The quantitative estimate of drug-likeness (QED) is 0.575. The summed E-state index contributed by atoms with van der Waals surface area (Å²) >= 11 is 8.75. The molecule has 0 unspecified atom stereocenters. The van der Waals surface area contributed by atoms with Crippen LogP contribution in [0.15, 0.2) is 48.1 Å². The molecule has 1 N–H and O–H groups in total. The van der Waals surface area contributed by atoms with Crippen molar-refractivity contribution >= 4 is 45.3 Å². The highest BCUT2D eigenvalue weighted by atomic mass is 35.5. The van der Waals surface area contributed by atoms with Crippen LogP contribution in [0.5, 0.6) is 0 Å². The van der Waals surface area contributed by atoms with Crippen molar-refractivity contribution in [2.75, 3.05) is 5.32 Å². The van der Waals surface area contributed by atoms with Crippen molar-refractivity contribution in [1.29, 1.82) is 0 Å². The number of tetrazole rings is 1. The Balaban J connectivity index is 1.53. The molecule has 0 aliphatic heterocycles. The number of hydrogen-bond acceptors (Lipinski definition) is 7. The van der Waals surface area contributed by atoms with Crippen LogP contribution in [0.1, 0.15) is 10.4 Å². The van der Waals surface area contributed by atoms with Crippen LogP contribution in [0.4, 0.5) is 5.13 Å². The number of halogens is 1. The second-order valence-corrected chi connectivity index (χ2v) is 7.47. The smallest absolute Gasteiger partial charge is 0.257 e. The minimum atomic E-state index is -0.250. The summed E-state index contributed by atoms with van der Waals surface area (Å²) in [6.45, 7) is 0. The third kappa shape index (κ3) is 3.43. The van der Waals surface area contributed by atoms with Gasteiger partial charge in [0.2, 0.25) is 0 Å². The molecule has 3 aromatic heterocycles. The molecule has 0 saturated carbocycles. The number of nitrogens with zero attached hydrogens (tertiary/aromatic N) is 5. The molecule has 1 aromatic carbocycles. The van der Waals surface area contributed by atoms with E-state index >= 15 is 0 Å². The molecule has 0 radical (unpaired) electrons. The number of benzene rings is 1. The average Bonchev–Trinajstić information content (AvgIpc) is 3.36. The van der Waals surface area contributed by atoms with Crippen LogP contribution in [0, 0.1) is 0 Å². The number of aromatic nitrogens is 5. The van der Waals surface area contributed by atoms with E-state index in [-0.39, 0.29) is 5.91 Å². The first-order valence-corrected chi connectivity index (χ1v) is 9.12. The number of thiazole rings is 1. The van der Waals surface area contributed by atoms with E-state index in [1.54, 1.807) is 18.2 Å². The monoisotopic (exact) mass is 388 g/mol. The van der Waals surface area contributed by atoms with Crippen LogP contribution < -0.4 is 5.32 Å². The first-order valence-electron chi connectivity index (χ1n) is 7.05. The van der Waals surface area contributed by atoms with E-state index < -0.39 is 0 Å². The molecule has 4 rings (SSSR count). The predicted octanol–water partition coefficient (Wildman–Crippen LogP) is 3.75. The van der Waals surface area contributed by atoms with E-state index in [1.165, 1.54) is 33.7 Å². The molecule has 0 spiro atoms. The fourth-order valence-electron chi connectivity index (χ4n) is 2.13. The minimum Gasteiger partial charge on any atom is -0.298 e. The summed E-state index contributed by atoms with van der Waals surface area (Å²) in [4.78, 5) is 17.9. The highest BCUT2D eigenvalue weighted by molar-refractivity contribution is 7.20. The number of carbonyl (C=O) groups is 1. The first kappa shape index (κ1) is 15.9. The van der Waals surface area contributed by atoms with Gasteiger partial charge >= 0.3 is 0 Å². The van der Waals surface area contributed by atoms with Crippen LogP contribution >= 0.6 is 34.3 Å². The number of amides is 1. The maximum atomic E-state index is 12.5. The third-order valence-corrected chi connectivity index (χ3v) is 5.28. The SMILES string of the molecule is O=C(Nc1nc(-c2ccc(Cl)s2)cs1)c1cccc(-n2cnnn2)c1. The van der Waals surface area contributed by atoms with Gasteiger partial charge < -0.3 is 0 Å². The van der Waals surface area contributed by atoms with Gasteiger partial charge in [-0.25, -0.2) is 9.67 Å². The maximum absolute atomic E-state index is 12.5. The van der Waals surface area contributed by atoms with Crippen LogP contribution in [-0.4, -0.2) is 31.1 Å². The van der Waals surface area contributed by atoms with Crippen molar-refractivity contribution in [1.82, 2.24) is 25.2 Å². The van der Waals surface area contributed by atoms with E-state index in [0.29, 0.717) is 20.7 Å². The summed E-state index contributed by atoms with van der Waals surface area (Å²) < 4.78 is 2.19. The van der Waals surface area contributed by atoms with Gasteiger partial charge in [-0.05, 0) is 40.8 Å². The molecular weight excluding hydrogens is 380 g/mol. The topological polar surface area (TPSA) is 85.6 Å². The molecule has 0 saturated heterocycles. The highest BCUT2D eigenvalue weighted by Gasteiger charge is 2.12. The van der Waals surface area contributed by atoms with Crippen molar-refractivity contribution < 1.29 is 4.79 Å². The van der Waals surface area contributed by atoms with Crippen molar-refractivity contribution in [3.8, 4) is 16.3 Å². The number of thiophene rings is 1. The van der Waals surface area contributed by atoms with Crippen LogP contribution in [0.25, 0.3) is 16.3 Å². The van der Waals surface area contributed by atoms with Crippen LogP contribution in [0.3, 0.4) is 0 Å². The molecule has 3 heterocycles. The summed E-state index contributed by atoms with van der Waals surface area (Å²) in [6, 6.07) is 10.7. The van der Waals surface area contributed by atoms with E-state index in [4.69, 9.17) is 11.6 Å². The van der Waals surface area contributed by atoms with E-state index in [0.717, 1.165) is 10.6 Å². The standard InChI is InChI=1S/C15H9ClN6OS2/c16-13-5-4-12(25-13)11-7-24-15(18-11)19-14(23)9-2-1-3-10(6-9)22-8-17-20-21-22/h1-8H,(H,18,19,23). The Morgan fingerprint density at radius 3 is 2.92 bits per heavy atom. The van der Waals surface area contributed by atoms with Crippen molar-refractivity contribution in [2.45, 2.75) is 0 Å². The summed E-state index contributed by atoms with van der Waals surface area (Å²) in [7, 11) is 0. The summed E-state index contributed by atoms with van der Waals surface area (Å²) in [5.41, 5.74) is 1.98. The number of hydrogen-bond donors (Lipinski definition) is 1. The normalized spacial score (nSPS) is 10.8. The molecule has 124 valence electrons. The maximum Gasteiger partial charge on any atom is 0.257 e. The molecule has 25 heavy (non-hydrogen) atoms. The summed E-state index contributed by atoms with van der Waals surface area (Å²) in [5.74, 6) is -0.250. The van der Waals surface area contributed by atoms with Gasteiger partial charge in [0, 0.05) is 10.9 Å². The Hall–Kier alpha value is -2.62. The van der Waals surface area contributed by atoms with Gasteiger partial charge in [-0.3, -0.25) is 10.1 Å². The largest absolute Gasteiger partial charge is 0.298 e. The fourth-order valence-corrected chi connectivity index (χ4v) is 3.92. The Morgan fingerprint density at radius 2 is 2.16 bits per heavy atom. The zero-order chi connectivity index (χ0) is 17.2. The molecule has 0 atom stereocenters. The van der Waals surface area contributed by atoms with Crippen LogP contribution in [0.2, 0.25) is 4.34 Å². The van der Waals surface area contributed by atoms with E-state index in [9.17, 15) is 4.79 Å². The van der Waals surface area contributed by atoms with Gasteiger partial charge in [0.25, 0.3) is 5.91 Å². The second-order valence-electron chi connectivity index (χ2n) is 4.90. The molecule has 4 aromatic rings. The third-order valence-electron chi connectivity index (χ3n) is 3.27. The minimum absolute atomic E-state index is 0.250. The molecule has 0 fully saturated rings. The molecule has 7 nitrogen and oxygen atoms in total. The number of anilines is 1. The molecule has 0 aliphatic carbocycles. The van der Waals surface area contributed by atoms with Crippen molar-refractivity contribution in [2.24, 2.45) is 0 Å². The zero-order valence-corrected chi connectivity index (χ0v) is 14.8. The van der Waals surface area contributed by atoms with Crippen molar-refractivity contribution in [3.05, 3.63) is 58.0 Å². The van der Waals surface area contributed by atoms with E-state index in [2.05, 4.69) is 25.8 Å². The fraction of sp³-hybridized carbons (Fsp3) is 0. The lowest BCUT2D eigenvalue weighted by Crippen LogP contribution is -2.12. The lowest BCUT2D eigenvalue weighted by molar-refractivity contribution is 0.102. The molecule has 10 heteroatoms. The van der Waals surface area contributed by atoms with E-state index in [1.807, 2.05) is 23.6 Å². The average molecular weight is 389 g/mol. The Bertz CT molecular complexity index is 1030. The number of rotatable bonds is 4. The summed E-state index contributed by atoms with van der Waals surface area (Å²) in [6.07, 6.45) is 1.47. The van der Waals surface area contributed by atoms with Gasteiger partial charge in [-0.15, -0.1) is 27.8 Å². The van der Waals surface area contributed by atoms with Crippen molar-refractivity contribution in [3.63, 3.8) is 0 Å². The van der Waals surface area contributed by atoms with Crippen LogP contribution in [-0.2, 0) is 0 Å². The van der Waals surface area contributed by atoms with Gasteiger partial charge in [-0.1, -0.05) is 17.7 Å². The molecule has 1 amide bonds.